The van der Waals surface area contributed by atoms with Gasteiger partial charge in [-0.05, 0) is 37.5 Å². The second-order valence-electron chi connectivity index (χ2n) is 6.52. The number of hydrogen-bond donors (Lipinski definition) is 1. The second kappa shape index (κ2) is 5.71. The average molecular weight is 236 g/mol. The van der Waals surface area contributed by atoms with Gasteiger partial charge in [-0.15, -0.1) is 0 Å². The van der Waals surface area contributed by atoms with Crippen molar-refractivity contribution in [2.75, 3.05) is 26.2 Å². The first kappa shape index (κ1) is 12.0. The number of nitrogens with one attached hydrogen (secondary N) is 1. The van der Waals surface area contributed by atoms with Crippen LogP contribution >= 0.6 is 0 Å². The molecule has 2 aliphatic carbocycles. The van der Waals surface area contributed by atoms with Crippen molar-refractivity contribution < 1.29 is 0 Å². The molecule has 0 aromatic carbocycles. The zero-order valence-corrected chi connectivity index (χ0v) is 11.2. The summed E-state index contributed by atoms with van der Waals surface area (Å²) in [5.74, 6) is 2.02. The van der Waals surface area contributed by atoms with E-state index in [-0.39, 0.29) is 0 Å². The van der Waals surface area contributed by atoms with Gasteiger partial charge in [0, 0.05) is 32.2 Å². The molecule has 2 saturated carbocycles. The minimum absolute atomic E-state index is 0.809. The Morgan fingerprint density at radius 2 is 1.76 bits per heavy atom. The maximum Gasteiger partial charge on any atom is 0.0223 e. The molecule has 1 saturated heterocycles. The Morgan fingerprint density at radius 3 is 2.47 bits per heavy atom. The third-order valence-corrected chi connectivity index (χ3v) is 5.25. The van der Waals surface area contributed by atoms with Gasteiger partial charge in [-0.25, -0.2) is 0 Å². The highest BCUT2D eigenvalue weighted by atomic mass is 15.2. The number of rotatable bonds is 3. The molecule has 3 aliphatic rings. The molecule has 2 nitrogen and oxygen atoms in total. The summed E-state index contributed by atoms with van der Waals surface area (Å²) in [5, 5.41) is 3.79. The molecule has 0 aromatic heterocycles. The van der Waals surface area contributed by atoms with Gasteiger partial charge in [-0.2, -0.15) is 0 Å². The third-order valence-electron chi connectivity index (χ3n) is 5.25. The molecule has 0 amide bonds. The van der Waals surface area contributed by atoms with Crippen LogP contribution in [0.5, 0.6) is 0 Å². The van der Waals surface area contributed by atoms with Crippen LogP contribution in [0.3, 0.4) is 0 Å². The van der Waals surface area contributed by atoms with Gasteiger partial charge in [0.15, 0.2) is 0 Å². The first-order chi connectivity index (χ1) is 8.42. The van der Waals surface area contributed by atoms with Crippen molar-refractivity contribution >= 4 is 0 Å². The number of hydrogen-bond acceptors (Lipinski definition) is 2. The molecule has 1 aliphatic heterocycles. The lowest BCUT2D eigenvalue weighted by molar-refractivity contribution is 0.111. The molecule has 98 valence electrons. The first-order valence-corrected chi connectivity index (χ1v) is 7.87. The third kappa shape index (κ3) is 3.03. The van der Waals surface area contributed by atoms with Crippen LogP contribution in [0.4, 0.5) is 0 Å². The molecular formula is C15H28N2. The summed E-state index contributed by atoms with van der Waals surface area (Å²) in [6.45, 7) is 5.25. The van der Waals surface area contributed by atoms with Crippen molar-refractivity contribution in [1.29, 1.82) is 0 Å². The van der Waals surface area contributed by atoms with Crippen LogP contribution in [0.15, 0.2) is 0 Å². The molecule has 3 fully saturated rings. The lowest BCUT2D eigenvalue weighted by Crippen LogP contribution is -2.55. The normalized spacial score (nSPS) is 33.5. The smallest absolute Gasteiger partial charge is 0.0223 e. The van der Waals surface area contributed by atoms with E-state index in [9.17, 15) is 0 Å². The fraction of sp³-hybridized carbons (Fsp3) is 1.00. The van der Waals surface area contributed by atoms with E-state index in [1.54, 1.807) is 0 Å². The van der Waals surface area contributed by atoms with Crippen LogP contribution in [-0.2, 0) is 0 Å². The van der Waals surface area contributed by atoms with Crippen molar-refractivity contribution in [1.82, 2.24) is 10.2 Å². The zero-order valence-electron chi connectivity index (χ0n) is 11.2. The average Bonchev–Trinajstić information content (AvgIpc) is 2.35. The Bertz CT molecular complexity index is 231. The largest absolute Gasteiger partial charge is 0.311 e. The summed E-state index contributed by atoms with van der Waals surface area (Å²) in [6, 6.07) is 0.809. The highest BCUT2D eigenvalue weighted by Crippen LogP contribution is 2.30. The van der Waals surface area contributed by atoms with E-state index in [2.05, 4.69) is 10.2 Å². The van der Waals surface area contributed by atoms with E-state index >= 15 is 0 Å². The molecule has 0 bridgehead atoms. The van der Waals surface area contributed by atoms with Crippen LogP contribution < -0.4 is 5.32 Å². The number of nitrogens with zero attached hydrogens (tertiary/aromatic N) is 1. The topological polar surface area (TPSA) is 15.3 Å². The van der Waals surface area contributed by atoms with Gasteiger partial charge in [0.25, 0.3) is 0 Å². The minimum Gasteiger partial charge on any atom is -0.311 e. The number of piperazine rings is 1. The molecule has 1 unspecified atom stereocenters. The van der Waals surface area contributed by atoms with Crippen molar-refractivity contribution in [2.45, 2.75) is 57.4 Å². The van der Waals surface area contributed by atoms with Gasteiger partial charge >= 0.3 is 0 Å². The maximum absolute atomic E-state index is 3.79. The summed E-state index contributed by atoms with van der Waals surface area (Å²) in [5.41, 5.74) is 0. The molecule has 1 N–H and O–H groups in total. The highest BCUT2D eigenvalue weighted by Gasteiger charge is 2.29. The van der Waals surface area contributed by atoms with Gasteiger partial charge in [0.1, 0.15) is 0 Å². The lowest BCUT2D eigenvalue weighted by Gasteiger charge is -2.41. The van der Waals surface area contributed by atoms with Gasteiger partial charge in [0.05, 0.1) is 0 Å². The van der Waals surface area contributed by atoms with Gasteiger partial charge in [0.2, 0.25) is 0 Å². The summed E-state index contributed by atoms with van der Waals surface area (Å²) in [7, 11) is 0. The van der Waals surface area contributed by atoms with Crippen LogP contribution in [0.25, 0.3) is 0 Å². The highest BCUT2D eigenvalue weighted by molar-refractivity contribution is 4.87. The van der Waals surface area contributed by atoms with E-state index in [4.69, 9.17) is 0 Å². The summed E-state index contributed by atoms with van der Waals surface area (Å²) >= 11 is 0. The van der Waals surface area contributed by atoms with E-state index in [1.807, 2.05) is 0 Å². The second-order valence-corrected chi connectivity index (χ2v) is 6.52. The van der Waals surface area contributed by atoms with Crippen LogP contribution in [0, 0.1) is 11.8 Å². The van der Waals surface area contributed by atoms with Crippen molar-refractivity contribution in [3.63, 3.8) is 0 Å². The summed E-state index contributed by atoms with van der Waals surface area (Å²) in [6.07, 6.45) is 11.9. The molecule has 1 atom stereocenters. The lowest BCUT2D eigenvalue weighted by atomic mass is 9.82. The Kier molecular flexibility index (Phi) is 4.02. The predicted octanol–water partition coefficient (Wildman–Crippen LogP) is 2.64. The quantitative estimate of drug-likeness (QED) is 0.810. The van der Waals surface area contributed by atoms with Crippen LogP contribution in [-0.4, -0.2) is 37.1 Å². The van der Waals surface area contributed by atoms with Gasteiger partial charge in [-0.3, -0.25) is 0 Å². The van der Waals surface area contributed by atoms with E-state index in [0.717, 1.165) is 17.9 Å². The molecule has 0 spiro atoms. The first-order valence-electron chi connectivity index (χ1n) is 7.87. The SMILES string of the molecule is C1CCC(C2CN(CC3CCC3)CCN2)CC1. The van der Waals surface area contributed by atoms with Gasteiger partial charge in [-0.1, -0.05) is 25.7 Å². The molecule has 0 aromatic rings. The Hall–Kier alpha value is -0.0800. The van der Waals surface area contributed by atoms with Crippen molar-refractivity contribution in [3.8, 4) is 0 Å². The molecule has 17 heavy (non-hydrogen) atoms. The van der Waals surface area contributed by atoms with Crippen LogP contribution in [0.1, 0.15) is 51.4 Å². The van der Waals surface area contributed by atoms with Gasteiger partial charge < -0.3 is 10.2 Å². The summed E-state index contributed by atoms with van der Waals surface area (Å²) < 4.78 is 0. The molecule has 1 heterocycles. The predicted molar refractivity (Wildman–Crippen MR) is 72.1 cm³/mol. The standard InChI is InChI=1S/C15H28N2/c1-2-7-14(8-3-1)15-12-17(10-9-16-15)11-13-5-4-6-13/h13-16H,1-12H2. The molecule has 2 heteroatoms. The fourth-order valence-corrected chi connectivity index (χ4v) is 3.90. The van der Waals surface area contributed by atoms with E-state index in [0.29, 0.717) is 0 Å². The Balaban J connectivity index is 1.47. The zero-order chi connectivity index (χ0) is 11.5. The Morgan fingerprint density at radius 1 is 0.941 bits per heavy atom. The molecular weight excluding hydrogens is 208 g/mol. The van der Waals surface area contributed by atoms with Crippen LogP contribution in [0.2, 0.25) is 0 Å². The molecule has 0 radical (unpaired) electrons. The monoisotopic (exact) mass is 236 g/mol. The van der Waals surface area contributed by atoms with Crippen molar-refractivity contribution in [2.24, 2.45) is 11.8 Å². The Labute approximate surface area is 106 Å². The van der Waals surface area contributed by atoms with E-state index in [1.165, 1.54) is 77.5 Å². The van der Waals surface area contributed by atoms with Crippen molar-refractivity contribution in [3.05, 3.63) is 0 Å². The fourth-order valence-electron chi connectivity index (χ4n) is 3.90. The summed E-state index contributed by atoms with van der Waals surface area (Å²) in [4.78, 5) is 2.75. The minimum atomic E-state index is 0.809. The van der Waals surface area contributed by atoms with E-state index < -0.39 is 0 Å². The molecule has 3 rings (SSSR count). The maximum atomic E-state index is 3.79.